The van der Waals surface area contributed by atoms with E-state index in [1.165, 1.54) is 18.4 Å². The summed E-state index contributed by atoms with van der Waals surface area (Å²) < 4.78 is 10.5. The van der Waals surface area contributed by atoms with Gasteiger partial charge in [-0.15, -0.1) is 0 Å². The summed E-state index contributed by atoms with van der Waals surface area (Å²) in [6, 6.07) is 7.51. The van der Waals surface area contributed by atoms with Gasteiger partial charge in [0.25, 0.3) is 0 Å². The predicted molar refractivity (Wildman–Crippen MR) is 85.1 cm³/mol. The first-order valence-corrected chi connectivity index (χ1v) is 7.43. The van der Waals surface area contributed by atoms with Gasteiger partial charge in [-0.3, -0.25) is 0 Å². The number of guanidine groups is 1. The molecule has 1 aliphatic carbocycles. The molecule has 1 aromatic carbocycles. The number of aromatic nitrogens is 1. The van der Waals surface area contributed by atoms with E-state index in [0.29, 0.717) is 12.5 Å². The molecule has 0 amide bonds. The minimum atomic E-state index is 0.359. The minimum absolute atomic E-state index is 0.359. The van der Waals surface area contributed by atoms with Gasteiger partial charge in [-0.05, 0) is 43.5 Å². The molecule has 0 saturated carbocycles. The molecule has 0 spiro atoms. The number of aliphatic imine (C=N–C) groups is 1. The lowest BCUT2D eigenvalue weighted by molar-refractivity contribution is 0.368. The van der Waals surface area contributed by atoms with Gasteiger partial charge in [0.1, 0.15) is 17.2 Å². The summed E-state index contributed by atoms with van der Waals surface area (Å²) in [5.41, 5.74) is 8.90. The third-order valence-corrected chi connectivity index (χ3v) is 3.79. The molecule has 0 unspecified atom stereocenters. The quantitative estimate of drug-likeness (QED) is 0.669. The van der Waals surface area contributed by atoms with Crippen molar-refractivity contribution in [2.24, 2.45) is 10.7 Å². The van der Waals surface area contributed by atoms with Crippen LogP contribution in [-0.4, -0.2) is 18.2 Å². The molecule has 6 nitrogen and oxygen atoms in total. The van der Waals surface area contributed by atoms with Crippen molar-refractivity contribution in [3.63, 3.8) is 0 Å². The van der Waals surface area contributed by atoms with Crippen LogP contribution in [0.3, 0.4) is 0 Å². The van der Waals surface area contributed by atoms with Crippen molar-refractivity contribution in [3.8, 4) is 5.75 Å². The van der Waals surface area contributed by atoms with Gasteiger partial charge in [0.2, 0.25) is 0 Å². The highest BCUT2D eigenvalue weighted by atomic mass is 16.5. The number of nitrogens with zero attached hydrogens (tertiary/aromatic N) is 2. The van der Waals surface area contributed by atoms with E-state index in [1.807, 2.05) is 24.3 Å². The minimum Gasteiger partial charge on any atom is -0.497 e. The molecule has 0 aliphatic heterocycles. The Morgan fingerprint density at radius 2 is 2.09 bits per heavy atom. The molecule has 0 atom stereocenters. The highest BCUT2D eigenvalue weighted by molar-refractivity contribution is 5.92. The summed E-state index contributed by atoms with van der Waals surface area (Å²) in [6.45, 7) is 0.438. The Morgan fingerprint density at radius 1 is 1.32 bits per heavy atom. The van der Waals surface area contributed by atoms with Crippen LogP contribution in [0.2, 0.25) is 0 Å². The van der Waals surface area contributed by atoms with Crippen LogP contribution >= 0.6 is 0 Å². The number of aryl methyl sites for hydroxylation is 1. The van der Waals surface area contributed by atoms with E-state index < -0.39 is 0 Å². The fourth-order valence-corrected chi connectivity index (χ4v) is 2.60. The molecule has 2 aromatic rings. The van der Waals surface area contributed by atoms with E-state index in [-0.39, 0.29) is 0 Å². The number of fused-ring (bicyclic) bond motifs is 1. The summed E-state index contributed by atoms with van der Waals surface area (Å²) in [5, 5.41) is 7.17. The molecule has 0 fully saturated rings. The maximum Gasteiger partial charge on any atom is 0.193 e. The third-order valence-electron chi connectivity index (χ3n) is 3.79. The number of hydrogen-bond acceptors (Lipinski definition) is 4. The Hall–Kier alpha value is -2.50. The van der Waals surface area contributed by atoms with Gasteiger partial charge in [0.05, 0.1) is 13.7 Å². The smallest absolute Gasteiger partial charge is 0.193 e. The van der Waals surface area contributed by atoms with E-state index in [4.69, 9.17) is 15.0 Å². The maximum absolute atomic E-state index is 5.92. The van der Waals surface area contributed by atoms with Crippen LogP contribution in [0, 0.1) is 0 Å². The van der Waals surface area contributed by atoms with Gasteiger partial charge in [0.15, 0.2) is 5.96 Å². The molecular weight excluding hydrogens is 280 g/mol. The molecule has 0 bridgehead atoms. The van der Waals surface area contributed by atoms with Gasteiger partial charge in [-0.25, -0.2) is 4.99 Å². The summed E-state index contributed by atoms with van der Waals surface area (Å²) in [7, 11) is 1.64. The molecule has 3 N–H and O–H groups in total. The van der Waals surface area contributed by atoms with Crippen LogP contribution in [0.25, 0.3) is 0 Å². The number of nitrogens with one attached hydrogen (secondary N) is 1. The van der Waals surface area contributed by atoms with E-state index in [0.717, 1.165) is 35.7 Å². The standard InChI is InChI=1S/C16H20N4O2/c1-21-12-8-6-11(7-9-12)19-16(17)18-10-14-13-4-2-3-5-15(13)22-20-14/h6-9H,2-5,10H2,1H3,(H3,17,18,19). The fraction of sp³-hybridized carbons (Fsp3) is 0.375. The molecule has 6 heteroatoms. The number of anilines is 1. The summed E-state index contributed by atoms with van der Waals surface area (Å²) >= 11 is 0. The number of hydrogen-bond donors (Lipinski definition) is 2. The van der Waals surface area contributed by atoms with Crippen molar-refractivity contribution in [2.75, 3.05) is 12.4 Å². The van der Waals surface area contributed by atoms with Gasteiger partial charge in [-0.2, -0.15) is 0 Å². The molecule has 22 heavy (non-hydrogen) atoms. The van der Waals surface area contributed by atoms with Crippen LogP contribution in [0.1, 0.15) is 29.9 Å². The molecule has 1 aromatic heterocycles. The molecule has 1 heterocycles. The van der Waals surface area contributed by atoms with Crippen LogP contribution in [0.5, 0.6) is 5.75 Å². The normalized spacial score (nSPS) is 14.5. The van der Waals surface area contributed by atoms with Crippen LogP contribution in [-0.2, 0) is 19.4 Å². The second kappa shape index (κ2) is 6.51. The van der Waals surface area contributed by atoms with Crippen molar-refractivity contribution in [1.29, 1.82) is 0 Å². The second-order valence-electron chi connectivity index (χ2n) is 5.29. The van der Waals surface area contributed by atoms with Crippen LogP contribution < -0.4 is 15.8 Å². The van der Waals surface area contributed by atoms with Crippen LogP contribution in [0.15, 0.2) is 33.8 Å². The van der Waals surface area contributed by atoms with E-state index in [1.54, 1.807) is 7.11 Å². The summed E-state index contributed by atoms with van der Waals surface area (Å²) in [6.07, 6.45) is 4.36. The zero-order chi connectivity index (χ0) is 15.4. The lowest BCUT2D eigenvalue weighted by Crippen LogP contribution is -2.22. The van der Waals surface area contributed by atoms with Gasteiger partial charge in [0, 0.05) is 17.7 Å². The Kier molecular flexibility index (Phi) is 4.27. The fourth-order valence-electron chi connectivity index (χ4n) is 2.60. The Labute approximate surface area is 129 Å². The Bertz CT molecular complexity index is 661. The summed E-state index contributed by atoms with van der Waals surface area (Å²) in [5.74, 6) is 2.17. The van der Waals surface area contributed by atoms with Crippen molar-refractivity contribution in [3.05, 3.63) is 41.3 Å². The first-order valence-electron chi connectivity index (χ1n) is 7.43. The van der Waals surface area contributed by atoms with Crippen molar-refractivity contribution < 1.29 is 9.26 Å². The SMILES string of the molecule is COc1ccc(NC(N)=NCc2noc3c2CCCC3)cc1. The second-order valence-corrected chi connectivity index (χ2v) is 5.29. The average molecular weight is 300 g/mol. The number of ether oxygens (including phenoxy) is 1. The van der Waals surface area contributed by atoms with Gasteiger partial charge >= 0.3 is 0 Å². The highest BCUT2D eigenvalue weighted by Crippen LogP contribution is 2.24. The van der Waals surface area contributed by atoms with Gasteiger partial charge in [-0.1, -0.05) is 5.16 Å². The maximum atomic E-state index is 5.92. The van der Waals surface area contributed by atoms with Gasteiger partial charge < -0.3 is 20.3 Å². The van der Waals surface area contributed by atoms with Crippen molar-refractivity contribution in [1.82, 2.24) is 5.16 Å². The number of nitrogens with two attached hydrogens (primary N) is 1. The van der Waals surface area contributed by atoms with E-state index in [9.17, 15) is 0 Å². The molecule has 3 rings (SSSR count). The van der Waals surface area contributed by atoms with E-state index >= 15 is 0 Å². The zero-order valence-electron chi connectivity index (χ0n) is 12.6. The first kappa shape index (κ1) is 14.4. The van der Waals surface area contributed by atoms with E-state index in [2.05, 4.69) is 15.5 Å². The largest absolute Gasteiger partial charge is 0.497 e. The number of rotatable bonds is 4. The molecule has 116 valence electrons. The topological polar surface area (TPSA) is 85.7 Å². The molecule has 0 saturated heterocycles. The Balaban J connectivity index is 1.63. The molecule has 1 aliphatic rings. The summed E-state index contributed by atoms with van der Waals surface area (Å²) in [4.78, 5) is 4.34. The van der Waals surface area contributed by atoms with Crippen molar-refractivity contribution in [2.45, 2.75) is 32.2 Å². The zero-order valence-corrected chi connectivity index (χ0v) is 12.6. The highest BCUT2D eigenvalue weighted by Gasteiger charge is 2.18. The van der Waals surface area contributed by atoms with Crippen LogP contribution in [0.4, 0.5) is 5.69 Å². The lowest BCUT2D eigenvalue weighted by atomic mass is 9.96. The van der Waals surface area contributed by atoms with Crippen molar-refractivity contribution >= 4 is 11.6 Å². The number of benzene rings is 1. The monoisotopic (exact) mass is 300 g/mol. The predicted octanol–water partition coefficient (Wildman–Crippen LogP) is 2.49. The lowest BCUT2D eigenvalue weighted by Gasteiger charge is -2.09. The third kappa shape index (κ3) is 3.21. The number of methoxy groups -OCH3 is 1. The first-order chi connectivity index (χ1) is 10.8. The average Bonchev–Trinajstić information content (AvgIpc) is 2.97. The molecular formula is C16H20N4O2. The Morgan fingerprint density at radius 3 is 2.86 bits per heavy atom. The molecule has 0 radical (unpaired) electrons.